The van der Waals surface area contributed by atoms with Crippen LogP contribution in [-0.4, -0.2) is 136 Å². The van der Waals surface area contributed by atoms with Crippen LogP contribution in [0.15, 0.2) is 37.2 Å². The zero-order valence-corrected chi connectivity index (χ0v) is 35.6. The standard InChI is InChI=1S/C42H63FN4O11/c1-12-16-45-30-20-25(4)55-37(33(30)50)57-36-27(6)35(51)41(9,43)38(52)56-31(13-2)42(10)34(26(5)32(49)24(3)21-40(36,8)54-11)47(39(53)58-42)19-18-46(28(7)48)23-29-15-14-17-44-22-29/h12,14-15,17,22,24-27,30-31,33-34,36-37,45,50H,1,13,16,18-21,23H2,2-11H3/t24-,25-,26+,27+,30+,31-,33+,34?,36-,37+,40-,41+,42-/m1/s1. The van der Waals surface area contributed by atoms with Gasteiger partial charge in [0.05, 0.1) is 23.9 Å². The number of nitrogens with zero attached hydrogens (tertiary/aromatic N) is 3. The van der Waals surface area contributed by atoms with Gasteiger partial charge in [0.2, 0.25) is 5.91 Å². The van der Waals surface area contributed by atoms with Gasteiger partial charge in [0.15, 0.2) is 17.7 Å². The molecule has 0 aromatic carbocycles. The molecule has 0 aliphatic carbocycles. The maximum Gasteiger partial charge on any atom is 0.410 e. The van der Waals surface area contributed by atoms with Crippen molar-refractivity contribution in [1.82, 2.24) is 20.1 Å². The summed E-state index contributed by atoms with van der Waals surface area (Å²) < 4.78 is 47.3. The molecule has 0 radical (unpaired) electrons. The smallest absolute Gasteiger partial charge is 0.410 e. The van der Waals surface area contributed by atoms with Crippen molar-refractivity contribution in [3.63, 3.8) is 0 Å². The van der Waals surface area contributed by atoms with Crippen LogP contribution in [0.25, 0.3) is 0 Å². The van der Waals surface area contributed by atoms with Crippen molar-refractivity contribution < 1.29 is 57.2 Å². The Balaban J connectivity index is 1.77. The highest BCUT2D eigenvalue weighted by molar-refractivity contribution is 6.08. The Morgan fingerprint density at radius 1 is 1.17 bits per heavy atom. The molecular weight excluding hydrogens is 755 g/mol. The van der Waals surface area contributed by atoms with E-state index in [1.54, 1.807) is 59.2 Å². The molecule has 4 rings (SSSR count). The number of rotatable bonds is 12. The summed E-state index contributed by atoms with van der Waals surface area (Å²) >= 11 is 0. The Hall–Kier alpha value is -3.83. The molecule has 2 amide bonds. The number of aliphatic hydroxyl groups is 1. The van der Waals surface area contributed by atoms with Gasteiger partial charge in [0.25, 0.3) is 5.67 Å². The number of alkyl halides is 1. The summed E-state index contributed by atoms with van der Waals surface area (Å²) in [5.41, 5.74) is -5.65. The summed E-state index contributed by atoms with van der Waals surface area (Å²) in [6.45, 7) is 17.9. The number of pyridine rings is 1. The second-order valence-corrected chi connectivity index (χ2v) is 16.7. The van der Waals surface area contributed by atoms with Gasteiger partial charge in [0.1, 0.15) is 18.0 Å². The van der Waals surface area contributed by atoms with Crippen LogP contribution in [0, 0.1) is 17.8 Å². The average molecular weight is 819 g/mol. The number of cyclic esters (lactones) is 1. The largest absolute Gasteiger partial charge is 0.455 e. The van der Waals surface area contributed by atoms with Crippen molar-refractivity contribution in [2.24, 2.45) is 17.8 Å². The van der Waals surface area contributed by atoms with Crippen molar-refractivity contribution in [2.75, 3.05) is 26.7 Å². The maximum absolute atomic E-state index is 16.9. The number of methoxy groups -OCH3 is 1. The molecule has 4 heterocycles. The van der Waals surface area contributed by atoms with Gasteiger partial charge in [-0.2, -0.15) is 0 Å². The number of hydrogen-bond donors (Lipinski definition) is 2. The van der Waals surface area contributed by atoms with Crippen molar-refractivity contribution in [3.8, 4) is 0 Å². The number of aliphatic hydroxyl groups excluding tert-OH is 1. The van der Waals surface area contributed by atoms with Gasteiger partial charge in [0, 0.05) is 76.4 Å². The van der Waals surface area contributed by atoms with Gasteiger partial charge < -0.3 is 39.0 Å². The SMILES string of the molecule is C=CCN[C@H]1C[C@@H](C)O[C@@H](O[C@@H]2[C@@H](C)C(=O)[C@](C)(F)C(=O)O[C@H](CC)[C@@]3(C)OC(=O)N(CCN(Cc4cccnc4)C(C)=O)C3[C@@H](C)C(=O)[C@H](C)C[C@@]2(C)OC)[C@H]1O. The topological polar surface area (TPSA) is 183 Å². The molecule has 1 aromatic rings. The van der Waals surface area contributed by atoms with Crippen LogP contribution in [-0.2, 0) is 49.4 Å². The number of fused-ring (bicyclic) bond motifs is 1. The quantitative estimate of drug-likeness (QED) is 0.176. The molecule has 2 N–H and O–H groups in total. The highest BCUT2D eigenvalue weighted by Crippen LogP contribution is 2.43. The summed E-state index contributed by atoms with van der Waals surface area (Å²) in [6, 6.07) is 2.03. The summed E-state index contributed by atoms with van der Waals surface area (Å²) in [5.74, 6) is -6.42. The Morgan fingerprint density at radius 3 is 2.45 bits per heavy atom. The number of ether oxygens (including phenoxy) is 5. The van der Waals surface area contributed by atoms with Crippen LogP contribution in [0.5, 0.6) is 0 Å². The van der Waals surface area contributed by atoms with E-state index in [0.717, 1.165) is 12.5 Å². The van der Waals surface area contributed by atoms with Crippen LogP contribution in [0.2, 0.25) is 0 Å². The Kier molecular flexibility index (Phi) is 15.4. The highest BCUT2D eigenvalue weighted by Gasteiger charge is 2.62. The third-order valence-electron chi connectivity index (χ3n) is 12.2. The molecule has 15 nitrogen and oxygen atoms in total. The van der Waals surface area contributed by atoms with Crippen molar-refractivity contribution in [2.45, 2.75) is 148 Å². The molecule has 3 aliphatic heterocycles. The highest BCUT2D eigenvalue weighted by atomic mass is 19.1. The fraction of sp³-hybridized carbons (Fsp3) is 0.714. The summed E-state index contributed by atoms with van der Waals surface area (Å²) in [5, 5.41) is 14.6. The van der Waals surface area contributed by atoms with Crippen LogP contribution in [0.3, 0.4) is 0 Å². The summed E-state index contributed by atoms with van der Waals surface area (Å²) in [4.78, 5) is 76.5. The lowest BCUT2D eigenvalue weighted by Gasteiger charge is -2.46. The number of carbonyl (C=O) groups excluding carboxylic acids is 5. The first kappa shape index (κ1) is 46.9. The second kappa shape index (κ2) is 19.0. The van der Waals surface area contributed by atoms with Crippen molar-refractivity contribution >= 4 is 29.5 Å². The normalized spacial score (nSPS) is 37.7. The zero-order valence-electron chi connectivity index (χ0n) is 35.6. The molecule has 58 heavy (non-hydrogen) atoms. The lowest BCUT2D eigenvalue weighted by molar-refractivity contribution is -0.290. The zero-order chi connectivity index (χ0) is 43.3. The molecule has 1 unspecified atom stereocenters. The lowest BCUT2D eigenvalue weighted by Crippen LogP contribution is -2.62. The molecular formula is C42H63FN4O11. The molecule has 0 bridgehead atoms. The third-order valence-corrected chi connectivity index (χ3v) is 12.2. The number of carbonyl (C=O) groups is 5. The summed E-state index contributed by atoms with van der Waals surface area (Å²) in [7, 11) is 1.37. The molecule has 0 spiro atoms. The number of halogens is 1. The third kappa shape index (κ3) is 9.78. The number of nitrogens with one attached hydrogen (secondary N) is 1. The summed E-state index contributed by atoms with van der Waals surface area (Å²) in [6.07, 6.45) is -1.10. The predicted octanol–water partition coefficient (Wildman–Crippen LogP) is 3.94. The molecule has 0 saturated carbocycles. The number of Topliss-reactive ketones (excluding diaryl/α,β-unsaturated/α-hetero) is 2. The lowest BCUT2D eigenvalue weighted by atomic mass is 9.73. The molecule has 324 valence electrons. The minimum atomic E-state index is -3.23. The van der Waals surface area contributed by atoms with Gasteiger partial charge in [-0.25, -0.2) is 14.0 Å². The maximum atomic E-state index is 16.9. The van der Waals surface area contributed by atoms with Gasteiger partial charge in [-0.15, -0.1) is 6.58 Å². The fourth-order valence-corrected chi connectivity index (χ4v) is 8.95. The molecule has 3 saturated heterocycles. The molecule has 3 fully saturated rings. The predicted molar refractivity (Wildman–Crippen MR) is 210 cm³/mol. The minimum absolute atomic E-state index is 0.0281. The van der Waals surface area contributed by atoms with E-state index in [1.165, 1.54) is 37.7 Å². The average Bonchev–Trinajstić information content (AvgIpc) is 3.45. The molecule has 16 heteroatoms. The van der Waals surface area contributed by atoms with E-state index in [-0.39, 0.29) is 44.2 Å². The monoisotopic (exact) mass is 818 g/mol. The number of hydrogen-bond acceptors (Lipinski definition) is 13. The minimum Gasteiger partial charge on any atom is -0.455 e. The number of ketones is 2. The van der Waals surface area contributed by atoms with Crippen molar-refractivity contribution in [3.05, 3.63) is 42.7 Å². The van der Waals surface area contributed by atoms with Gasteiger partial charge in [-0.1, -0.05) is 39.8 Å². The van der Waals surface area contributed by atoms with E-state index in [1.807, 2.05) is 6.07 Å². The van der Waals surface area contributed by atoms with Crippen LogP contribution in [0.1, 0.15) is 87.1 Å². The van der Waals surface area contributed by atoms with Crippen LogP contribution >= 0.6 is 0 Å². The number of amides is 2. The first-order valence-electron chi connectivity index (χ1n) is 20.2. The first-order valence-corrected chi connectivity index (χ1v) is 20.2. The van der Waals surface area contributed by atoms with Crippen molar-refractivity contribution in [1.29, 1.82) is 0 Å². The van der Waals surface area contributed by atoms with E-state index < -0.39 is 95.3 Å². The van der Waals surface area contributed by atoms with E-state index in [2.05, 4.69) is 16.9 Å². The molecule has 1 aromatic heterocycles. The van der Waals surface area contributed by atoms with Gasteiger partial charge in [-0.3, -0.25) is 24.3 Å². The van der Waals surface area contributed by atoms with E-state index >= 15 is 4.39 Å². The molecule has 3 aliphatic rings. The van der Waals surface area contributed by atoms with Crippen LogP contribution in [0.4, 0.5) is 9.18 Å². The van der Waals surface area contributed by atoms with E-state index in [4.69, 9.17) is 23.7 Å². The second-order valence-electron chi connectivity index (χ2n) is 16.7. The molecule has 13 atom stereocenters. The first-order chi connectivity index (χ1) is 27.2. The fourth-order valence-electron chi connectivity index (χ4n) is 8.95. The number of aromatic nitrogens is 1. The van der Waals surface area contributed by atoms with Gasteiger partial charge in [-0.05, 0) is 58.6 Å². The van der Waals surface area contributed by atoms with Crippen LogP contribution < -0.4 is 5.32 Å². The Morgan fingerprint density at radius 2 is 1.86 bits per heavy atom. The van der Waals surface area contributed by atoms with E-state index in [9.17, 15) is 29.1 Å². The van der Waals surface area contributed by atoms with E-state index in [0.29, 0.717) is 13.0 Å². The number of esters is 1. The van der Waals surface area contributed by atoms with Gasteiger partial charge >= 0.3 is 12.1 Å². The Labute approximate surface area is 341 Å². The Bertz CT molecular complexity index is 1650.